The van der Waals surface area contributed by atoms with Gasteiger partial charge >= 0.3 is 5.97 Å². The lowest BCUT2D eigenvalue weighted by Crippen LogP contribution is -2.27. The summed E-state index contributed by atoms with van der Waals surface area (Å²) >= 11 is 0. The van der Waals surface area contributed by atoms with E-state index in [2.05, 4.69) is 0 Å². The highest BCUT2D eigenvalue weighted by Gasteiger charge is 2.22. The number of carboxylic acid groups (broad SMARTS) is 1. The summed E-state index contributed by atoms with van der Waals surface area (Å²) < 4.78 is 0. The molecule has 0 atom stereocenters. The van der Waals surface area contributed by atoms with Crippen LogP contribution in [0.25, 0.3) is 0 Å². The average Bonchev–Trinajstić information content (AvgIpc) is 2.81. The zero-order valence-corrected chi connectivity index (χ0v) is 9.22. The van der Waals surface area contributed by atoms with Crippen molar-refractivity contribution in [2.45, 2.75) is 12.8 Å². The number of phenols is 1. The summed E-state index contributed by atoms with van der Waals surface area (Å²) in [7, 11) is 0. The van der Waals surface area contributed by atoms with Crippen LogP contribution in [0.4, 0.5) is 0 Å². The largest absolute Gasteiger partial charge is 0.507 e. The maximum Gasteiger partial charge on any atom is 0.335 e. The third-order valence-corrected chi connectivity index (χ3v) is 2.87. The van der Waals surface area contributed by atoms with Crippen LogP contribution in [0.1, 0.15) is 33.6 Å². The highest BCUT2D eigenvalue weighted by molar-refractivity contribution is 5.99. The van der Waals surface area contributed by atoms with Crippen molar-refractivity contribution >= 4 is 11.9 Å². The van der Waals surface area contributed by atoms with Gasteiger partial charge in [-0.3, -0.25) is 4.79 Å². The molecule has 0 spiro atoms. The maximum atomic E-state index is 12.0. The van der Waals surface area contributed by atoms with Crippen LogP contribution in [0, 0.1) is 0 Å². The molecule has 5 nitrogen and oxygen atoms in total. The zero-order chi connectivity index (χ0) is 12.4. The molecule has 0 aromatic heterocycles. The molecule has 1 amide bonds. The molecule has 1 heterocycles. The molecule has 2 rings (SSSR count). The molecule has 1 aliphatic heterocycles. The molecular weight excluding hydrogens is 222 g/mol. The minimum absolute atomic E-state index is 0.00495. The van der Waals surface area contributed by atoms with E-state index in [1.807, 2.05) is 0 Å². The number of hydrogen-bond acceptors (Lipinski definition) is 3. The van der Waals surface area contributed by atoms with Crippen LogP contribution in [-0.2, 0) is 0 Å². The summed E-state index contributed by atoms with van der Waals surface area (Å²) in [4.78, 5) is 24.4. The molecule has 17 heavy (non-hydrogen) atoms. The Morgan fingerprint density at radius 1 is 1.18 bits per heavy atom. The van der Waals surface area contributed by atoms with Gasteiger partial charge in [0.15, 0.2) is 0 Å². The van der Waals surface area contributed by atoms with Crippen LogP contribution in [0.15, 0.2) is 18.2 Å². The Hall–Kier alpha value is -2.04. The number of carbonyl (C=O) groups is 2. The Bertz CT molecular complexity index is 464. The summed E-state index contributed by atoms with van der Waals surface area (Å²) in [6.07, 6.45) is 1.90. The standard InChI is InChI=1S/C12H13NO4/c14-10-4-3-8(12(16)17)7-9(10)11(15)13-5-1-2-6-13/h3-4,7,14H,1-2,5-6H2,(H,16,17). The lowest BCUT2D eigenvalue weighted by molar-refractivity contribution is 0.0697. The Balaban J connectivity index is 2.32. The maximum absolute atomic E-state index is 12.0. The first-order chi connectivity index (χ1) is 8.09. The van der Waals surface area contributed by atoms with E-state index >= 15 is 0 Å². The predicted octanol–water partition coefficient (Wildman–Crippen LogP) is 1.33. The summed E-state index contributed by atoms with van der Waals surface area (Å²) in [6.45, 7) is 1.32. The monoisotopic (exact) mass is 235 g/mol. The first-order valence-corrected chi connectivity index (χ1v) is 5.45. The number of likely N-dealkylation sites (tertiary alicyclic amines) is 1. The van der Waals surface area contributed by atoms with Gasteiger partial charge in [0, 0.05) is 13.1 Å². The fraction of sp³-hybridized carbons (Fsp3) is 0.333. The van der Waals surface area contributed by atoms with Gasteiger partial charge in [-0.2, -0.15) is 0 Å². The fourth-order valence-electron chi connectivity index (χ4n) is 1.93. The van der Waals surface area contributed by atoms with Crippen molar-refractivity contribution in [2.24, 2.45) is 0 Å². The molecule has 0 aliphatic carbocycles. The second kappa shape index (κ2) is 4.45. The minimum Gasteiger partial charge on any atom is -0.507 e. The number of phenolic OH excluding ortho intramolecular Hbond substituents is 1. The first-order valence-electron chi connectivity index (χ1n) is 5.45. The van der Waals surface area contributed by atoms with Gasteiger partial charge in [0.25, 0.3) is 5.91 Å². The minimum atomic E-state index is -1.11. The number of rotatable bonds is 2. The zero-order valence-electron chi connectivity index (χ0n) is 9.22. The third kappa shape index (κ3) is 2.22. The second-order valence-corrected chi connectivity index (χ2v) is 4.04. The number of benzene rings is 1. The number of aromatic carboxylic acids is 1. The van der Waals surface area contributed by atoms with E-state index < -0.39 is 5.97 Å². The Labute approximate surface area is 98.3 Å². The molecule has 1 aromatic rings. The number of nitrogens with zero attached hydrogens (tertiary/aromatic N) is 1. The first kappa shape index (κ1) is 11.4. The third-order valence-electron chi connectivity index (χ3n) is 2.87. The molecule has 90 valence electrons. The van der Waals surface area contributed by atoms with E-state index in [4.69, 9.17) is 5.11 Å². The van der Waals surface area contributed by atoms with E-state index in [9.17, 15) is 14.7 Å². The van der Waals surface area contributed by atoms with E-state index in [0.29, 0.717) is 13.1 Å². The predicted molar refractivity (Wildman–Crippen MR) is 60.2 cm³/mol. The molecule has 1 fully saturated rings. The van der Waals surface area contributed by atoms with Crippen LogP contribution in [0.3, 0.4) is 0 Å². The molecule has 5 heteroatoms. The fourth-order valence-corrected chi connectivity index (χ4v) is 1.93. The van der Waals surface area contributed by atoms with Gasteiger partial charge < -0.3 is 15.1 Å². The van der Waals surface area contributed by atoms with Crippen LogP contribution in [-0.4, -0.2) is 40.1 Å². The van der Waals surface area contributed by atoms with Gasteiger partial charge in [-0.05, 0) is 31.0 Å². The van der Waals surface area contributed by atoms with E-state index in [1.165, 1.54) is 18.2 Å². The van der Waals surface area contributed by atoms with E-state index in [-0.39, 0.29) is 22.8 Å². The van der Waals surface area contributed by atoms with Gasteiger partial charge in [0.1, 0.15) is 5.75 Å². The molecule has 1 aliphatic rings. The van der Waals surface area contributed by atoms with E-state index in [1.54, 1.807) is 4.90 Å². The molecule has 1 aromatic carbocycles. The van der Waals surface area contributed by atoms with E-state index in [0.717, 1.165) is 12.8 Å². The lowest BCUT2D eigenvalue weighted by Gasteiger charge is -2.16. The average molecular weight is 235 g/mol. The van der Waals surface area contributed by atoms with Gasteiger partial charge in [-0.15, -0.1) is 0 Å². The number of hydrogen-bond donors (Lipinski definition) is 2. The molecule has 1 saturated heterocycles. The van der Waals surface area contributed by atoms with Crippen molar-refractivity contribution in [3.63, 3.8) is 0 Å². The van der Waals surface area contributed by atoms with Crippen LogP contribution in [0.5, 0.6) is 5.75 Å². The number of amides is 1. The highest BCUT2D eigenvalue weighted by Crippen LogP contribution is 2.22. The molecule has 2 N–H and O–H groups in total. The lowest BCUT2D eigenvalue weighted by atomic mass is 10.1. The Morgan fingerprint density at radius 3 is 2.41 bits per heavy atom. The molecular formula is C12H13NO4. The Morgan fingerprint density at radius 2 is 1.82 bits per heavy atom. The molecule has 0 bridgehead atoms. The summed E-state index contributed by atoms with van der Waals surface area (Å²) in [6, 6.07) is 3.74. The number of carboxylic acids is 1. The van der Waals surface area contributed by atoms with Gasteiger partial charge in [0.2, 0.25) is 0 Å². The van der Waals surface area contributed by atoms with Crippen LogP contribution >= 0.6 is 0 Å². The van der Waals surface area contributed by atoms with Crippen LogP contribution < -0.4 is 0 Å². The van der Waals surface area contributed by atoms with Crippen molar-refractivity contribution in [1.29, 1.82) is 0 Å². The Kier molecular flexibility index (Phi) is 2.99. The van der Waals surface area contributed by atoms with Crippen molar-refractivity contribution in [2.75, 3.05) is 13.1 Å². The van der Waals surface area contributed by atoms with Gasteiger partial charge in [0.05, 0.1) is 11.1 Å². The number of carbonyl (C=O) groups excluding carboxylic acids is 1. The van der Waals surface area contributed by atoms with Gasteiger partial charge in [-0.25, -0.2) is 4.79 Å². The van der Waals surface area contributed by atoms with Crippen molar-refractivity contribution in [1.82, 2.24) is 4.90 Å². The molecule has 0 radical (unpaired) electrons. The quantitative estimate of drug-likeness (QED) is 0.810. The molecule has 0 saturated carbocycles. The topological polar surface area (TPSA) is 77.8 Å². The highest BCUT2D eigenvalue weighted by atomic mass is 16.4. The summed E-state index contributed by atoms with van der Waals surface area (Å²) in [5, 5.41) is 18.4. The van der Waals surface area contributed by atoms with Gasteiger partial charge in [-0.1, -0.05) is 0 Å². The number of aromatic hydroxyl groups is 1. The van der Waals surface area contributed by atoms with Crippen molar-refractivity contribution in [3.05, 3.63) is 29.3 Å². The SMILES string of the molecule is O=C(O)c1ccc(O)c(C(=O)N2CCCC2)c1. The smallest absolute Gasteiger partial charge is 0.335 e. The van der Waals surface area contributed by atoms with Crippen LogP contribution in [0.2, 0.25) is 0 Å². The second-order valence-electron chi connectivity index (χ2n) is 4.04. The molecule has 0 unspecified atom stereocenters. The van der Waals surface area contributed by atoms with Crippen molar-refractivity contribution in [3.8, 4) is 5.75 Å². The summed E-state index contributed by atoms with van der Waals surface area (Å²) in [5.41, 5.74) is 0.0668. The normalized spacial score (nSPS) is 14.9. The summed E-state index contributed by atoms with van der Waals surface area (Å²) in [5.74, 6) is -1.59. The van der Waals surface area contributed by atoms with Crippen molar-refractivity contribution < 1.29 is 19.8 Å².